The highest BCUT2D eigenvalue weighted by Gasteiger charge is 2.20. The van der Waals surface area contributed by atoms with Gasteiger partial charge in [-0.15, -0.1) is 21.9 Å². The summed E-state index contributed by atoms with van der Waals surface area (Å²) in [5, 5.41) is 11.7. The Labute approximate surface area is 226 Å². The third-order valence-electron chi connectivity index (χ3n) is 6.25. The lowest BCUT2D eigenvalue weighted by Crippen LogP contribution is -2.46. The molecule has 3 heterocycles. The van der Waals surface area contributed by atoms with Crippen LogP contribution in [0.4, 0.5) is 5.82 Å². The van der Waals surface area contributed by atoms with Crippen molar-refractivity contribution in [1.82, 2.24) is 20.4 Å². The van der Waals surface area contributed by atoms with Crippen LogP contribution in [0.5, 0.6) is 5.75 Å². The van der Waals surface area contributed by atoms with E-state index in [0.29, 0.717) is 38.6 Å². The van der Waals surface area contributed by atoms with Crippen LogP contribution in [-0.2, 0) is 32.7 Å². The van der Waals surface area contributed by atoms with E-state index in [-0.39, 0.29) is 11.9 Å². The first kappa shape index (κ1) is 25.7. The third-order valence-corrected chi connectivity index (χ3v) is 8.77. The quantitative estimate of drug-likeness (QED) is 0.283. The highest BCUT2D eigenvalue weighted by Crippen LogP contribution is 2.35. The first-order chi connectivity index (χ1) is 18.0. The van der Waals surface area contributed by atoms with E-state index in [0.717, 1.165) is 42.5 Å². The first-order valence-corrected chi connectivity index (χ1v) is 14.3. The summed E-state index contributed by atoms with van der Waals surface area (Å²) in [6.45, 7) is 1.82. The van der Waals surface area contributed by atoms with Crippen molar-refractivity contribution in [2.24, 2.45) is 4.36 Å². The maximum atomic E-state index is 12.9. The SMILES string of the molecule is COc1cccc2c1c(N=[S-](=O)c1ccc(Cl)s1)nn2Cc1cccc(CNC(=O)C2CCCCN2)c1. The third kappa shape index (κ3) is 5.98. The molecule has 1 atom stereocenters. The molecule has 1 aliphatic rings. The van der Waals surface area contributed by atoms with Gasteiger partial charge in [0.25, 0.3) is 0 Å². The van der Waals surface area contributed by atoms with Crippen LogP contribution in [0.1, 0.15) is 30.4 Å². The fraction of sp³-hybridized carbons (Fsp3) is 0.308. The Morgan fingerprint density at radius 2 is 2.08 bits per heavy atom. The van der Waals surface area contributed by atoms with Gasteiger partial charge < -0.3 is 23.9 Å². The fourth-order valence-corrected chi connectivity index (χ4v) is 6.59. The molecule has 0 spiro atoms. The van der Waals surface area contributed by atoms with Gasteiger partial charge >= 0.3 is 0 Å². The number of amides is 1. The number of hydrogen-bond acceptors (Lipinski definition) is 8. The molecule has 2 aromatic carbocycles. The number of halogens is 1. The highest BCUT2D eigenvalue weighted by atomic mass is 35.5. The van der Waals surface area contributed by atoms with Gasteiger partial charge in [-0.05, 0) is 52.9 Å². The molecule has 1 amide bonds. The Balaban J connectivity index is 1.40. The number of carbonyl (C=O) groups excluding carboxylic acids is 1. The highest BCUT2D eigenvalue weighted by molar-refractivity contribution is 7.77. The molecule has 4 aromatic rings. The molecule has 1 aliphatic heterocycles. The van der Waals surface area contributed by atoms with Crippen LogP contribution >= 0.6 is 22.9 Å². The van der Waals surface area contributed by atoms with Crippen LogP contribution in [0.3, 0.4) is 0 Å². The molecule has 1 fully saturated rings. The lowest BCUT2D eigenvalue weighted by molar-refractivity contribution is -0.123. The number of methoxy groups -OCH3 is 1. The van der Waals surface area contributed by atoms with Crippen LogP contribution in [-0.4, -0.2) is 35.4 Å². The van der Waals surface area contributed by atoms with E-state index in [4.69, 9.17) is 21.4 Å². The molecular formula is C26H27ClN5O3S2-. The minimum atomic E-state index is -1.64. The molecule has 0 saturated carbocycles. The summed E-state index contributed by atoms with van der Waals surface area (Å²) in [7, 11) is -0.0541. The lowest BCUT2D eigenvalue weighted by Gasteiger charge is -2.22. The zero-order valence-corrected chi connectivity index (χ0v) is 22.7. The van der Waals surface area contributed by atoms with E-state index >= 15 is 0 Å². The van der Waals surface area contributed by atoms with Gasteiger partial charge in [0.1, 0.15) is 5.75 Å². The molecule has 0 bridgehead atoms. The van der Waals surface area contributed by atoms with Crippen molar-refractivity contribution in [3.63, 3.8) is 0 Å². The number of rotatable bonds is 8. The van der Waals surface area contributed by atoms with E-state index in [2.05, 4.69) is 21.1 Å². The van der Waals surface area contributed by atoms with E-state index in [9.17, 15) is 9.00 Å². The largest absolute Gasteiger partial charge is 0.496 e. The van der Waals surface area contributed by atoms with Crippen molar-refractivity contribution in [1.29, 1.82) is 0 Å². The topological polar surface area (TPSA) is 97.6 Å². The van der Waals surface area contributed by atoms with E-state index < -0.39 is 10.6 Å². The van der Waals surface area contributed by atoms with Gasteiger partial charge in [-0.1, -0.05) is 54.4 Å². The zero-order chi connectivity index (χ0) is 25.8. The van der Waals surface area contributed by atoms with Gasteiger partial charge in [-0.3, -0.25) is 9.48 Å². The summed E-state index contributed by atoms with van der Waals surface area (Å²) in [5.74, 6) is 0.997. The monoisotopic (exact) mass is 556 g/mol. The number of benzene rings is 2. The molecule has 2 aromatic heterocycles. The van der Waals surface area contributed by atoms with Gasteiger partial charge in [-0.2, -0.15) is 5.10 Å². The van der Waals surface area contributed by atoms with Gasteiger partial charge in [0.05, 0.1) is 34.9 Å². The van der Waals surface area contributed by atoms with Crippen molar-refractivity contribution in [2.75, 3.05) is 13.7 Å². The van der Waals surface area contributed by atoms with E-state index in [1.54, 1.807) is 19.2 Å². The number of carbonyl (C=O) groups is 1. The average molecular weight is 557 g/mol. The van der Waals surface area contributed by atoms with E-state index in [1.165, 1.54) is 11.3 Å². The number of nitrogens with zero attached hydrogens (tertiary/aromatic N) is 3. The van der Waals surface area contributed by atoms with Gasteiger partial charge in [0, 0.05) is 6.54 Å². The molecule has 2 N–H and O–H groups in total. The molecular weight excluding hydrogens is 530 g/mol. The van der Waals surface area contributed by atoms with Gasteiger partial charge in [0.15, 0.2) is 5.82 Å². The fourth-order valence-electron chi connectivity index (χ4n) is 4.45. The molecule has 0 radical (unpaired) electrons. The van der Waals surface area contributed by atoms with Crippen molar-refractivity contribution in [2.45, 2.75) is 42.6 Å². The average Bonchev–Trinajstić information content (AvgIpc) is 3.51. The second kappa shape index (κ2) is 11.6. The van der Waals surface area contributed by atoms with Crippen LogP contribution < -0.4 is 15.4 Å². The molecule has 8 nitrogen and oxygen atoms in total. The summed E-state index contributed by atoms with van der Waals surface area (Å²) in [5.41, 5.74) is 2.85. The Bertz CT molecular complexity index is 1500. The second-order valence-electron chi connectivity index (χ2n) is 8.77. The van der Waals surface area contributed by atoms with Crippen LogP contribution in [0, 0.1) is 0 Å². The molecule has 37 heavy (non-hydrogen) atoms. The smallest absolute Gasteiger partial charge is 0.237 e. The number of ether oxygens (including phenoxy) is 1. The number of aromatic nitrogens is 2. The maximum Gasteiger partial charge on any atom is 0.237 e. The molecule has 194 valence electrons. The summed E-state index contributed by atoms with van der Waals surface area (Å²) in [6, 6.07) is 17.0. The van der Waals surface area contributed by atoms with Crippen LogP contribution in [0.2, 0.25) is 4.34 Å². The summed E-state index contributed by atoms with van der Waals surface area (Å²) in [4.78, 5) is 12.5. The second-order valence-corrected chi connectivity index (χ2v) is 11.9. The van der Waals surface area contributed by atoms with Gasteiger partial charge in [0.2, 0.25) is 5.91 Å². The van der Waals surface area contributed by atoms with Gasteiger partial charge in [-0.25, -0.2) is 0 Å². The summed E-state index contributed by atoms with van der Waals surface area (Å²) in [6.07, 6.45) is 3.07. The number of piperidine rings is 1. The van der Waals surface area contributed by atoms with Crippen molar-refractivity contribution in [3.05, 3.63) is 70.1 Å². The van der Waals surface area contributed by atoms with Crippen molar-refractivity contribution in [3.8, 4) is 5.75 Å². The summed E-state index contributed by atoms with van der Waals surface area (Å²) < 4.78 is 25.8. The standard InChI is InChI=1S/C26H27ClN5O3S2/c1-35-21-10-5-9-20-24(21)25(31-37(34)23-12-11-22(27)36-23)30-32(20)16-18-7-4-6-17(14-18)15-29-26(33)19-8-2-3-13-28-19/h4-7,9-12,14,19,28H,2-3,8,13,15-16H2,1H3,(H,29,33)/q-1. The predicted octanol–water partition coefficient (Wildman–Crippen LogP) is 5.40. The first-order valence-electron chi connectivity index (χ1n) is 12.0. The van der Waals surface area contributed by atoms with Crippen LogP contribution in [0.15, 0.2) is 63.2 Å². The van der Waals surface area contributed by atoms with Crippen molar-refractivity contribution >= 4 is 56.2 Å². The molecule has 5 rings (SSSR count). The number of nitrogens with one attached hydrogen (secondary N) is 2. The molecule has 1 saturated heterocycles. The Kier molecular flexibility index (Phi) is 8.09. The molecule has 0 aliphatic carbocycles. The minimum Gasteiger partial charge on any atom is -0.496 e. The maximum absolute atomic E-state index is 12.9. The number of fused-ring (bicyclic) bond motifs is 1. The molecule has 1 unspecified atom stereocenters. The van der Waals surface area contributed by atoms with Crippen molar-refractivity contribution < 1.29 is 13.7 Å². The predicted molar refractivity (Wildman–Crippen MR) is 147 cm³/mol. The van der Waals surface area contributed by atoms with Crippen LogP contribution in [0.25, 0.3) is 10.9 Å². The lowest BCUT2D eigenvalue weighted by atomic mass is 10.0. The number of hydrogen-bond donors (Lipinski definition) is 2. The normalized spacial score (nSPS) is 16.6. The Morgan fingerprint density at radius 1 is 1.24 bits per heavy atom. The molecule has 11 heteroatoms. The summed E-state index contributed by atoms with van der Waals surface area (Å²) >= 11 is 7.24. The minimum absolute atomic E-state index is 0.0431. The Hall–Kier alpha value is -2.92. The van der Waals surface area contributed by atoms with E-state index in [1.807, 2.05) is 41.1 Å². The number of thiophene rings is 1. The zero-order valence-electron chi connectivity index (χ0n) is 20.3. The Morgan fingerprint density at radius 3 is 2.84 bits per heavy atom.